The Labute approximate surface area is 138 Å². The Bertz CT molecular complexity index is 872. The van der Waals surface area contributed by atoms with E-state index in [0.29, 0.717) is 11.6 Å². The topological polar surface area (TPSA) is 56.1 Å². The number of hydrogen-bond acceptors (Lipinski definition) is 3. The number of imidazole rings is 1. The Hall–Kier alpha value is -3.15. The Morgan fingerprint density at radius 1 is 1.17 bits per heavy atom. The minimum absolute atomic E-state index is 0.0218. The molecule has 122 valence electrons. The molecule has 0 unspecified atom stereocenters. The van der Waals surface area contributed by atoms with E-state index in [0.717, 1.165) is 11.3 Å². The number of nitrogens with one attached hydrogen (secondary N) is 1. The van der Waals surface area contributed by atoms with Crippen LogP contribution in [0.1, 0.15) is 10.4 Å². The lowest BCUT2D eigenvalue weighted by molar-refractivity contribution is 0.102. The summed E-state index contributed by atoms with van der Waals surface area (Å²) < 4.78 is 20.5. The summed E-state index contributed by atoms with van der Waals surface area (Å²) in [6.45, 7) is 0. The van der Waals surface area contributed by atoms with Crippen LogP contribution < -0.4 is 10.1 Å². The summed E-state index contributed by atoms with van der Waals surface area (Å²) in [6.07, 6.45) is 1.79. The average Bonchev–Trinajstić information content (AvgIpc) is 2.96. The molecule has 0 saturated heterocycles. The molecule has 1 amide bonds. The van der Waals surface area contributed by atoms with E-state index in [1.54, 1.807) is 31.0 Å². The fourth-order valence-corrected chi connectivity index (χ4v) is 2.30. The van der Waals surface area contributed by atoms with Crippen LogP contribution in [0.3, 0.4) is 0 Å². The van der Waals surface area contributed by atoms with Crippen LogP contribution in [0.25, 0.3) is 11.3 Å². The van der Waals surface area contributed by atoms with Gasteiger partial charge in [0.2, 0.25) is 5.95 Å². The van der Waals surface area contributed by atoms with E-state index in [4.69, 9.17) is 4.74 Å². The third-order valence-corrected chi connectivity index (χ3v) is 3.61. The van der Waals surface area contributed by atoms with Gasteiger partial charge in [0.25, 0.3) is 5.91 Å². The number of benzene rings is 2. The van der Waals surface area contributed by atoms with E-state index in [2.05, 4.69) is 10.3 Å². The molecule has 24 heavy (non-hydrogen) atoms. The first-order valence-corrected chi connectivity index (χ1v) is 7.32. The fraction of sp³-hybridized carbons (Fsp3) is 0.111. The lowest BCUT2D eigenvalue weighted by atomic mass is 10.2. The third kappa shape index (κ3) is 3.12. The highest BCUT2D eigenvalue weighted by molar-refractivity contribution is 6.03. The zero-order chi connectivity index (χ0) is 17.1. The summed E-state index contributed by atoms with van der Waals surface area (Å²) in [5, 5.41) is 2.63. The van der Waals surface area contributed by atoms with E-state index >= 15 is 0 Å². The summed E-state index contributed by atoms with van der Waals surface area (Å²) in [5.74, 6) is -0.0144. The summed E-state index contributed by atoms with van der Waals surface area (Å²) in [5.41, 5.74) is 1.56. The van der Waals surface area contributed by atoms with Crippen LogP contribution in [-0.2, 0) is 7.05 Å². The Balaban J connectivity index is 1.83. The molecule has 0 bridgehead atoms. The van der Waals surface area contributed by atoms with Crippen molar-refractivity contribution in [1.29, 1.82) is 0 Å². The van der Waals surface area contributed by atoms with Crippen LogP contribution in [0.4, 0.5) is 10.3 Å². The second-order valence-corrected chi connectivity index (χ2v) is 5.22. The van der Waals surface area contributed by atoms with Gasteiger partial charge < -0.3 is 9.30 Å². The quantitative estimate of drug-likeness (QED) is 0.799. The number of aromatic nitrogens is 2. The smallest absolute Gasteiger partial charge is 0.260 e. The summed E-state index contributed by atoms with van der Waals surface area (Å²) >= 11 is 0. The van der Waals surface area contributed by atoms with Crippen LogP contribution in [0.15, 0.2) is 54.7 Å². The zero-order valence-corrected chi connectivity index (χ0v) is 13.3. The summed E-state index contributed by atoms with van der Waals surface area (Å²) in [6, 6.07) is 13.2. The van der Waals surface area contributed by atoms with E-state index < -0.39 is 11.7 Å². The monoisotopic (exact) mass is 325 g/mol. The van der Waals surface area contributed by atoms with E-state index in [9.17, 15) is 9.18 Å². The highest BCUT2D eigenvalue weighted by Gasteiger charge is 2.14. The number of carbonyl (C=O) groups excluding carboxylic acids is 1. The molecule has 0 spiro atoms. The minimum atomic E-state index is -0.570. The molecule has 0 radical (unpaired) electrons. The molecule has 3 aromatic rings. The minimum Gasteiger partial charge on any atom is -0.497 e. The molecule has 0 aliphatic rings. The van der Waals surface area contributed by atoms with Crippen LogP contribution in [0, 0.1) is 5.82 Å². The number of aryl methyl sites for hydroxylation is 1. The van der Waals surface area contributed by atoms with Gasteiger partial charge in [-0.2, -0.15) is 0 Å². The molecular formula is C18H16FN3O2. The van der Waals surface area contributed by atoms with Crippen molar-refractivity contribution in [1.82, 2.24) is 9.55 Å². The number of halogens is 1. The summed E-state index contributed by atoms with van der Waals surface area (Å²) in [4.78, 5) is 16.6. The van der Waals surface area contributed by atoms with Crippen LogP contribution >= 0.6 is 0 Å². The van der Waals surface area contributed by atoms with Gasteiger partial charge >= 0.3 is 0 Å². The molecule has 0 aliphatic heterocycles. The number of nitrogens with zero attached hydrogens (tertiary/aromatic N) is 2. The van der Waals surface area contributed by atoms with Gasteiger partial charge in [-0.05, 0) is 36.4 Å². The predicted molar refractivity (Wildman–Crippen MR) is 89.5 cm³/mol. The molecule has 2 aromatic carbocycles. The van der Waals surface area contributed by atoms with Crippen LogP contribution in [0.5, 0.6) is 5.75 Å². The second-order valence-electron chi connectivity index (χ2n) is 5.22. The van der Waals surface area contributed by atoms with Gasteiger partial charge in [0.05, 0.1) is 18.4 Å². The van der Waals surface area contributed by atoms with Crippen molar-refractivity contribution in [3.05, 3.63) is 66.1 Å². The molecule has 0 aliphatic carbocycles. The van der Waals surface area contributed by atoms with Crippen molar-refractivity contribution < 1.29 is 13.9 Å². The van der Waals surface area contributed by atoms with Crippen molar-refractivity contribution in [2.45, 2.75) is 0 Å². The van der Waals surface area contributed by atoms with E-state index in [1.807, 2.05) is 24.3 Å². The maximum Gasteiger partial charge on any atom is 0.260 e. The molecule has 1 heterocycles. The maximum absolute atomic E-state index is 13.7. The number of ether oxygens (including phenoxy) is 1. The van der Waals surface area contributed by atoms with Gasteiger partial charge in [-0.15, -0.1) is 0 Å². The highest BCUT2D eigenvalue weighted by Crippen LogP contribution is 2.23. The van der Waals surface area contributed by atoms with Gasteiger partial charge in [-0.25, -0.2) is 9.37 Å². The first-order valence-electron chi connectivity index (χ1n) is 7.32. The van der Waals surface area contributed by atoms with Crippen LogP contribution in [-0.4, -0.2) is 22.6 Å². The van der Waals surface area contributed by atoms with Crippen molar-refractivity contribution in [3.8, 4) is 17.0 Å². The molecule has 3 rings (SSSR count). The van der Waals surface area contributed by atoms with Gasteiger partial charge in [0.15, 0.2) is 0 Å². The van der Waals surface area contributed by atoms with Crippen molar-refractivity contribution in [2.24, 2.45) is 7.05 Å². The number of carbonyl (C=O) groups is 1. The van der Waals surface area contributed by atoms with Gasteiger partial charge in [0, 0.05) is 18.8 Å². The number of hydrogen-bond donors (Lipinski definition) is 1. The Morgan fingerprint density at radius 2 is 1.88 bits per heavy atom. The highest BCUT2D eigenvalue weighted by atomic mass is 19.1. The number of anilines is 1. The van der Waals surface area contributed by atoms with E-state index in [-0.39, 0.29) is 5.56 Å². The second kappa shape index (κ2) is 6.54. The van der Waals surface area contributed by atoms with Crippen molar-refractivity contribution in [2.75, 3.05) is 12.4 Å². The normalized spacial score (nSPS) is 10.5. The Morgan fingerprint density at radius 3 is 2.54 bits per heavy atom. The maximum atomic E-state index is 13.7. The predicted octanol–water partition coefficient (Wildman–Crippen LogP) is 3.49. The molecule has 5 nitrogen and oxygen atoms in total. The van der Waals surface area contributed by atoms with Crippen LogP contribution in [0.2, 0.25) is 0 Å². The summed E-state index contributed by atoms with van der Waals surface area (Å²) in [7, 11) is 3.36. The largest absolute Gasteiger partial charge is 0.497 e. The lowest BCUT2D eigenvalue weighted by Gasteiger charge is -2.05. The fourth-order valence-electron chi connectivity index (χ4n) is 2.30. The molecule has 1 N–H and O–H groups in total. The van der Waals surface area contributed by atoms with Gasteiger partial charge in [-0.1, -0.05) is 12.1 Å². The van der Waals surface area contributed by atoms with E-state index in [1.165, 1.54) is 18.2 Å². The SMILES string of the molecule is COc1ccc(-c2cn(C)c(NC(=O)c3ccccc3F)n2)cc1. The molecule has 0 saturated carbocycles. The van der Waals surface area contributed by atoms with Crippen molar-refractivity contribution in [3.63, 3.8) is 0 Å². The molecular weight excluding hydrogens is 309 g/mol. The van der Waals surface area contributed by atoms with Gasteiger partial charge in [0.1, 0.15) is 11.6 Å². The third-order valence-electron chi connectivity index (χ3n) is 3.61. The molecule has 0 atom stereocenters. The number of amides is 1. The number of methoxy groups -OCH3 is 1. The zero-order valence-electron chi connectivity index (χ0n) is 13.3. The molecule has 1 aromatic heterocycles. The average molecular weight is 325 g/mol. The molecule has 0 fully saturated rings. The first kappa shape index (κ1) is 15.7. The first-order chi connectivity index (χ1) is 11.6. The standard InChI is InChI=1S/C18H16FN3O2/c1-22-11-16(12-7-9-13(24-2)10-8-12)20-18(22)21-17(23)14-5-3-4-6-15(14)19/h3-11H,1-2H3,(H,20,21,23). The van der Waals surface area contributed by atoms with Gasteiger partial charge in [-0.3, -0.25) is 10.1 Å². The lowest BCUT2D eigenvalue weighted by Crippen LogP contribution is -2.16. The van der Waals surface area contributed by atoms with Crippen molar-refractivity contribution >= 4 is 11.9 Å². The molecule has 6 heteroatoms. The Kier molecular flexibility index (Phi) is 4.29. The number of rotatable bonds is 4.